The fourth-order valence-corrected chi connectivity index (χ4v) is 20.2. The second-order valence-corrected chi connectivity index (χ2v) is 31.7. The van der Waals surface area contributed by atoms with Gasteiger partial charge in [-0.2, -0.15) is 0 Å². The van der Waals surface area contributed by atoms with Crippen LogP contribution in [0.25, 0.3) is 0 Å². The fourth-order valence-electron chi connectivity index (χ4n) is 17.3. The minimum Gasteiger partial charge on any atom is -0.455 e. The van der Waals surface area contributed by atoms with Crippen LogP contribution >= 0.6 is 0 Å². The first-order valence-corrected chi connectivity index (χ1v) is 32.6. The lowest BCUT2D eigenvalue weighted by atomic mass is 9.43. The van der Waals surface area contributed by atoms with E-state index < -0.39 is 155 Å². The molecule has 2 saturated heterocycles. The van der Waals surface area contributed by atoms with Crippen molar-refractivity contribution < 1.29 is 92.3 Å². The van der Waals surface area contributed by atoms with Crippen LogP contribution < -0.4 is 0 Å². The Kier molecular flexibility index (Phi) is 16.9. The van der Waals surface area contributed by atoms with Crippen molar-refractivity contribution in [3.63, 3.8) is 0 Å². The van der Waals surface area contributed by atoms with Gasteiger partial charge in [-0.3, -0.25) is 19.2 Å². The van der Waals surface area contributed by atoms with Gasteiger partial charge in [0, 0.05) is 56.3 Å². The average molecular weight is 1200 g/mol. The summed E-state index contributed by atoms with van der Waals surface area (Å²) in [7, 11) is -2.34. The summed E-state index contributed by atoms with van der Waals surface area (Å²) < 4.78 is 43.8. The molecule has 2 unspecified atom stereocenters. The first kappa shape index (κ1) is 64.5. The van der Waals surface area contributed by atoms with E-state index in [4.69, 9.17) is 32.8 Å². The topological polar surface area (TPSA) is 288 Å². The van der Waals surface area contributed by atoms with E-state index in [2.05, 4.69) is 20.8 Å². The van der Waals surface area contributed by atoms with Crippen LogP contribution in [-0.4, -0.2) is 165 Å². The summed E-state index contributed by atoms with van der Waals surface area (Å²) in [6.45, 7) is 24.2. The molecular formula is C65H88O19Si. The summed E-state index contributed by atoms with van der Waals surface area (Å²) in [6, 6.07) is 19.1. The predicted molar refractivity (Wildman–Crippen MR) is 310 cm³/mol. The molecule has 4 bridgehead atoms. The van der Waals surface area contributed by atoms with Gasteiger partial charge in [0.25, 0.3) is 0 Å². The number of Topliss-reactive ketones (excluding diaryl/α,β-unsaturated/α-hetero) is 2. The van der Waals surface area contributed by atoms with E-state index in [-0.39, 0.29) is 55.0 Å². The molecule has 10 rings (SSSR count). The van der Waals surface area contributed by atoms with Crippen molar-refractivity contribution in [3.8, 4) is 0 Å². The zero-order valence-electron chi connectivity index (χ0n) is 51.6. The highest BCUT2D eigenvalue weighted by Gasteiger charge is 2.80. The Morgan fingerprint density at radius 1 is 0.600 bits per heavy atom. The first-order valence-electron chi connectivity index (χ1n) is 30.1. The van der Waals surface area contributed by atoms with E-state index in [0.717, 1.165) is 18.1 Å². The molecule has 2 heterocycles. The van der Waals surface area contributed by atoms with Gasteiger partial charge >= 0.3 is 23.9 Å². The molecule has 2 aromatic rings. The number of aliphatic hydroxyl groups is 6. The highest BCUT2D eigenvalue weighted by atomic mass is 28.4. The van der Waals surface area contributed by atoms with E-state index in [9.17, 15) is 54.6 Å². The van der Waals surface area contributed by atoms with Crippen molar-refractivity contribution >= 4 is 43.8 Å². The molecule has 19 nitrogen and oxygen atoms in total. The fraction of sp³-hybridized carbons (Fsp3) is 0.662. The van der Waals surface area contributed by atoms with Gasteiger partial charge in [0.05, 0.1) is 71.4 Å². The monoisotopic (exact) mass is 1200 g/mol. The largest absolute Gasteiger partial charge is 0.455 e. The molecule has 6 fully saturated rings. The molecule has 0 aromatic heterocycles. The third-order valence-electron chi connectivity index (χ3n) is 22.5. The SMILES string of the molecule is CC(=O)O[C@@]12CO[C@@H]1C[C@H](O)[C@@]1(C)C(=O)[C@H](O)C3=C(C)C(O)C[C@@](O)([C@@H](OC(=O)c4ccccc4)[C@H]21)C3(C)C.CC[Si](CC)(CC)O[C@H]1C[C@H]2OC[C@@]2(OC(C)=O)[C@H]2[C@H](OC(=O)c3ccccc3)[C@]3(O)CC(O)C(C)=C([C@@H](C)C(=O)[C@]12C)C3(C)C. The molecule has 2 aromatic carbocycles. The van der Waals surface area contributed by atoms with E-state index >= 15 is 4.79 Å². The molecule has 18 atom stereocenters. The van der Waals surface area contributed by atoms with Gasteiger partial charge in [0.2, 0.25) is 0 Å². The molecule has 0 spiro atoms. The molecule has 4 saturated carbocycles. The van der Waals surface area contributed by atoms with Gasteiger partial charge in [-0.1, -0.05) is 91.8 Å². The maximum absolute atomic E-state index is 15.4. The summed E-state index contributed by atoms with van der Waals surface area (Å²) in [6.07, 6.45) is -10.8. The van der Waals surface area contributed by atoms with Gasteiger partial charge in [-0.05, 0) is 92.4 Å². The van der Waals surface area contributed by atoms with Crippen LogP contribution in [0, 0.1) is 39.4 Å². The summed E-state index contributed by atoms with van der Waals surface area (Å²) >= 11 is 0. The maximum atomic E-state index is 15.4. The van der Waals surface area contributed by atoms with E-state index in [1.807, 2.05) is 34.6 Å². The normalized spacial score (nSPS) is 40.4. The van der Waals surface area contributed by atoms with E-state index in [1.54, 1.807) is 69.3 Å². The van der Waals surface area contributed by atoms with Crippen molar-refractivity contribution in [2.24, 2.45) is 39.4 Å². The maximum Gasteiger partial charge on any atom is 0.338 e. The Bertz CT molecular complexity index is 3040. The second kappa shape index (κ2) is 22.2. The lowest BCUT2D eigenvalue weighted by Gasteiger charge is -2.68. The second-order valence-electron chi connectivity index (χ2n) is 27.0. The van der Waals surface area contributed by atoms with Crippen LogP contribution in [0.3, 0.4) is 0 Å². The molecule has 85 heavy (non-hydrogen) atoms. The predicted octanol–water partition coefficient (Wildman–Crippen LogP) is 6.47. The van der Waals surface area contributed by atoms with Crippen molar-refractivity contribution in [1.29, 1.82) is 0 Å². The Hall–Kier alpha value is -5.00. The summed E-state index contributed by atoms with van der Waals surface area (Å²) in [5, 5.41) is 71.4. The number of benzene rings is 2. The van der Waals surface area contributed by atoms with Crippen LogP contribution in [0.15, 0.2) is 83.0 Å². The van der Waals surface area contributed by atoms with Gasteiger partial charge in [-0.25, -0.2) is 9.59 Å². The number of aliphatic hydroxyl groups excluding tert-OH is 4. The lowest BCUT2D eigenvalue weighted by Crippen LogP contribution is -2.81. The number of carbonyl (C=O) groups is 6. The molecule has 6 aliphatic carbocycles. The zero-order valence-corrected chi connectivity index (χ0v) is 52.6. The third-order valence-corrected chi connectivity index (χ3v) is 27.1. The van der Waals surface area contributed by atoms with Crippen molar-refractivity contribution in [2.75, 3.05) is 13.2 Å². The number of carbonyl (C=O) groups excluding carboxylic acids is 6. The smallest absolute Gasteiger partial charge is 0.338 e. The number of fused-ring (bicyclic) bond motifs is 10. The van der Waals surface area contributed by atoms with Gasteiger partial charge in [0.15, 0.2) is 25.3 Å². The molecule has 20 heteroatoms. The highest BCUT2D eigenvalue weighted by Crippen LogP contribution is 2.67. The molecule has 6 N–H and O–H groups in total. The lowest BCUT2D eigenvalue weighted by molar-refractivity contribution is -0.345. The minimum absolute atomic E-state index is 0.0238. The molecule has 0 radical (unpaired) electrons. The van der Waals surface area contributed by atoms with Crippen LogP contribution in [0.1, 0.15) is 143 Å². The molecule has 8 aliphatic rings. The summed E-state index contributed by atoms with van der Waals surface area (Å²) in [5.41, 5.74) is -10.4. The van der Waals surface area contributed by atoms with E-state index in [1.165, 1.54) is 32.9 Å². The standard InChI is InChI=1S/C36H52O9Si.C29H36O10/c1-10-46(11-2,12-3)45-26-18-27-35(20-42-27,44-23(6)37)29-31(43-32(40)24-16-14-13-15-17-24)36(41)19-25(38)21(4)28(33(36,7)8)22(5)30(39)34(26,29)9;1-14-17(31)12-29(36)24(38-25(35)16-9-7-6-8-10-16)22-27(5,23(34)21(33)20(14)26(29,3)4)18(32)11-19-28(22,13-37-19)39-15(2)30/h13-17,22,25-27,29,31,38,41H,10-12,18-20H2,1-9H3;6-10,17-19,21-22,24,31-33,36H,11-13H2,1-5H3/t22-,25?,26+,27-,29+,31+,34-,35+,36-;17?,18-,19+,21+,22-,24-,27+,28-,29+/m10/s1. The third kappa shape index (κ3) is 9.42. The van der Waals surface area contributed by atoms with E-state index in [0.29, 0.717) is 23.1 Å². The highest BCUT2D eigenvalue weighted by molar-refractivity contribution is 6.73. The van der Waals surface area contributed by atoms with Crippen LogP contribution in [0.5, 0.6) is 0 Å². The molecule has 2 aliphatic heterocycles. The molecule has 0 amide bonds. The Morgan fingerprint density at radius 2 is 1.00 bits per heavy atom. The zero-order chi connectivity index (χ0) is 62.7. The van der Waals surface area contributed by atoms with Crippen molar-refractivity contribution in [1.82, 2.24) is 0 Å². The van der Waals surface area contributed by atoms with Crippen LogP contribution in [0.2, 0.25) is 18.1 Å². The Balaban J connectivity index is 0.000000206. The van der Waals surface area contributed by atoms with Gasteiger partial charge in [0.1, 0.15) is 47.5 Å². The number of hydrogen-bond acceptors (Lipinski definition) is 19. The number of ketones is 2. The average Bonchev–Trinajstić information content (AvgIpc) is 0.687. The molecular weight excluding hydrogens is 1110 g/mol. The summed E-state index contributed by atoms with van der Waals surface area (Å²) in [4.78, 5) is 82.6. The molecule has 466 valence electrons. The van der Waals surface area contributed by atoms with Gasteiger partial charge < -0.3 is 63.5 Å². The number of hydrogen-bond donors (Lipinski definition) is 6. The number of ether oxygens (including phenoxy) is 6. The quantitative estimate of drug-likeness (QED) is 0.0608. The number of esters is 4. The van der Waals surface area contributed by atoms with Crippen molar-refractivity contribution in [3.05, 3.63) is 94.1 Å². The van der Waals surface area contributed by atoms with Crippen molar-refractivity contribution in [2.45, 2.75) is 218 Å². The van der Waals surface area contributed by atoms with Gasteiger partial charge in [-0.15, -0.1) is 0 Å². The van der Waals surface area contributed by atoms with Crippen LogP contribution in [-0.2, 0) is 52.0 Å². The summed E-state index contributed by atoms with van der Waals surface area (Å²) in [5.74, 6) is -6.75. The Labute approximate surface area is 498 Å². The Morgan fingerprint density at radius 3 is 1.40 bits per heavy atom. The number of rotatable bonds is 11. The van der Waals surface area contributed by atoms with Crippen LogP contribution in [0.4, 0.5) is 0 Å². The minimum atomic E-state index is -2.34. The first-order chi connectivity index (χ1) is 39.6.